The Morgan fingerprint density at radius 3 is 2.29 bits per heavy atom. The first-order valence-electron chi connectivity index (χ1n) is 9.15. The van der Waals surface area contributed by atoms with E-state index in [0.717, 1.165) is 46.3 Å². The third-order valence-corrected chi connectivity index (χ3v) is 5.94. The molecule has 0 aliphatic rings. The van der Waals surface area contributed by atoms with Crippen molar-refractivity contribution in [3.63, 3.8) is 0 Å². The fourth-order valence-corrected chi connectivity index (χ4v) is 4.31. The van der Waals surface area contributed by atoms with Crippen molar-refractivity contribution in [1.82, 2.24) is 4.98 Å². The van der Waals surface area contributed by atoms with Crippen LogP contribution in [0.25, 0.3) is 22.4 Å². The van der Waals surface area contributed by atoms with Crippen LogP contribution in [0.15, 0.2) is 54.6 Å². The Morgan fingerprint density at radius 2 is 1.64 bits per heavy atom. The molecular formula is C22H22N2O2S2. The summed E-state index contributed by atoms with van der Waals surface area (Å²) in [6.45, 7) is 3.58. The van der Waals surface area contributed by atoms with E-state index in [1.54, 1.807) is 0 Å². The Bertz CT molecular complexity index is 950. The molecular weight excluding hydrogens is 388 g/mol. The number of aryl methyl sites for hydroxylation is 1. The lowest BCUT2D eigenvalue weighted by Gasteiger charge is -2.04. The number of amides is 1. The highest BCUT2D eigenvalue weighted by atomic mass is 32.2. The van der Waals surface area contributed by atoms with E-state index in [9.17, 15) is 9.59 Å². The SMILES string of the molecule is CCCc1sc(NC(=O)CSC(C)=O)nc1-c1ccc(-c2ccccc2)cc1. The minimum atomic E-state index is -0.206. The first-order chi connectivity index (χ1) is 13.6. The van der Waals surface area contributed by atoms with Crippen LogP contribution >= 0.6 is 23.1 Å². The van der Waals surface area contributed by atoms with E-state index in [-0.39, 0.29) is 16.8 Å². The molecule has 4 nitrogen and oxygen atoms in total. The summed E-state index contributed by atoms with van der Waals surface area (Å²) in [4.78, 5) is 28.9. The van der Waals surface area contributed by atoms with Gasteiger partial charge in [0.1, 0.15) is 0 Å². The molecule has 0 aliphatic heterocycles. The molecule has 28 heavy (non-hydrogen) atoms. The van der Waals surface area contributed by atoms with Gasteiger partial charge in [0.15, 0.2) is 10.2 Å². The van der Waals surface area contributed by atoms with Gasteiger partial charge in [-0.05, 0) is 17.5 Å². The molecule has 1 aromatic heterocycles. The molecule has 0 unspecified atom stereocenters. The van der Waals surface area contributed by atoms with Gasteiger partial charge in [0.2, 0.25) is 5.91 Å². The average molecular weight is 411 g/mol. The highest BCUT2D eigenvalue weighted by molar-refractivity contribution is 8.14. The van der Waals surface area contributed by atoms with E-state index in [1.807, 2.05) is 18.2 Å². The Hall–Kier alpha value is -2.44. The second kappa shape index (κ2) is 9.66. The summed E-state index contributed by atoms with van der Waals surface area (Å²) in [7, 11) is 0. The van der Waals surface area contributed by atoms with Crippen molar-refractivity contribution >= 4 is 39.3 Å². The maximum absolute atomic E-state index is 12.0. The van der Waals surface area contributed by atoms with Crippen molar-refractivity contribution < 1.29 is 9.59 Å². The summed E-state index contributed by atoms with van der Waals surface area (Å²) in [6, 6.07) is 18.6. The van der Waals surface area contributed by atoms with Gasteiger partial charge in [0.25, 0.3) is 0 Å². The highest BCUT2D eigenvalue weighted by Gasteiger charge is 2.15. The van der Waals surface area contributed by atoms with Crippen molar-refractivity contribution in [3.05, 3.63) is 59.5 Å². The number of hydrogen-bond acceptors (Lipinski definition) is 5. The summed E-state index contributed by atoms with van der Waals surface area (Å²) >= 11 is 2.51. The Morgan fingerprint density at radius 1 is 1.00 bits per heavy atom. The molecule has 1 amide bonds. The molecule has 2 aromatic carbocycles. The van der Waals surface area contributed by atoms with E-state index in [2.05, 4.69) is 53.6 Å². The van der Waals surface area contributed by atoms with Gasteiger partial charge >= 0.3 is 0 Å². The lowest BCUT2D eigenvalue weighted by molar-refractivity contribution is -0.114. The highest BCUT2D eigenvalue weighted by Crippen LogP contribution is 2.33. The van der Waals surface area contributed by atoms with Gasteiger partial charge in [-0.25, -0.2) is 4.98 Å². The maximum Gasteiger partial charge on any atom is 0.236 e. The van der Waals surface area contributed by atoms with Crippen LogP contribution in [0.3, 0.4) is 0 Å². The quantitative estimate of drug-likeness (QED) is 0.547. The van der Waals surface area contributed by atoms with Gasteiger partial charge in [-0.2, -0.15) is 0 Å². The van der Waals surface area contributed by atoms with Crippen LogP contribution < -0.4 is 5.32 Å². The molecule has 0 fully saturated rings. The molecule has 144 valence electrons. The van der Waals surface area contributed by atoms with Crippen molar-refractivity contribution in [2.45, 2.75) is 26.7 Å². The van der Waals surface area contributed by atoms with Crippen molar-refractivity contribution in [1.29, 1.82) is 0 Å². The lowest BCUT2D eigenvalue weighted by atomic mass is 10.0. The van der Waals surface area contributed by atoms with Gasteiger partial charge < -0.3 is 5.32 Å². The largest absolute Gasteiger partial charge is 0.301 e. The maximum atomic E-state index is 12.0. The Labute approximate surface area is 173 Å². The first-order valence-corrected chi connectivity index (χ1v) is 11.0. The number of nitrogens with zero attached hydrogens (tertiary/aromatic N) is 1. The molecule has 1 N–H and O–H groups in total. The number of nitrogens with one attached hydrogen (secondary N) is 1. The smallest absolute Gasteiger partial charge is 0.236 e. The summed E-state index contributed by atoms with van der Waals surface area (Å²) in [6.07, 6.45) is 1.91. The number of hydrogen-bond donors (Lipinski definition) is 1. The predicted octanol–water partition coefficient (Wildman–Crippen LogP) is 5.65. The molecule has 3 rings (SSSR count). The second-order valence-corrected chi connectivity index (χ2v) is 8.55. The zero-order chi connectivity index (χ0) is 19.9. The Balaban J connectivity index is 1.81. The third-order valence-electron chi connectivity index (χ3n) is 4.09. The van der Waals surface area contributed by atoms with E-state index in [4.69, 9.17) is 0 Å². The van der Waals surface area contributed by atoms with Crippen molar-refractivity contribution in [3.8, 4) is 22.4 Å². The lowest BCUT2D eigenvalue weighted by Crippen LogP contribution is -2.14. The number of thioether (sulfide) groups is 1. The van der Waals surface area contributed by atoms with Crippen molar-refractivity contribution in [2.24, 2.45) is 0 Å². The standard InChI is InChI=1S/C22H22N2O2S2/c1-3-7-19-21(24-22(28-19)23-20(26)14-27-15(2)25)18-12-10-17(11-13-18)16-8-5-4-6-9-16/h4-6,8-13H,3,7,14H2,1-2H3,(H,23,24,26). The molecule has 3 aromatic rings. The normalized spacial score (nSPS) is 10.6. The van der Waals surface area contributed by atoms with Crippen LogP contribution in [-0.4, -0.2) is 21.8 Å². The molecule has 0 spiro atoms. The van der Waals surface area contributed by atoms with Gasteiger partial charge in [0.05, 0.1) is 11.4 Å². The zero-order valence-electron chi connectivity index (χ0n) is 15.9. The predicted molar refractivity (Wildman–Crippen MR) is 119 cm³/mol. The van der Waals surface area contributed by atoms with Gasteiger partial charge in [0, 0.05) is 17.4 Å². The number of anilines is 1. The molecule has 0 bridgehead atoms. The molecule has 0 saturated carbocycles. The number of thiazole rings is 1. The molecule has 6 heteroatoms. The summed E-state index contributed by atoms with van der Waals surface area (Å²) in [5.74, 6) is -0.0953. The second-order valence-electron chi connectivity index (χ2n) is 6.31. The third kappa shape index (κ3) is 5.30. The van der Waals surface area contributed by atoms with E-state index in [0.29, 0.717) is 5.13 Å². The van der Waals surface area contributed by atoms with Gasteiger partial charge in [-0.1, -0.05) is 79.7 Å². The van der Waals surface area contributed by atoms with E-state index >= 15 is 0 Å². The molecule has 0 radical (unpaired) electrons. The van der Waals surface area contributed by atoms with Crippen LogP contribution in [0.1, 0.15) is 25.1 Å². The molecule has 0 saturated heterocycles. The number of carbonyl (C=O) groups is 2. The topological polar surface area (TPSA) is 59.1 Å². The zero-order valence-corrected chi connectivity index (χ0v) is 17.5. The van der Waals surface area contributed by atoms with E-state index < -0.39 is 0 Å². The minimum Gasteiger partial charge on any atom is -0.301 e. The van der Waals surface area contributed by atoms with Crippen LogP contribution in [0.2, 0.25) is 0 Å². The van der Waals surface area contributed by atoms with Crippen LogP contribution in [0.4, 0.5) is 5.13 Å². The number of benzene rings is 2. The summed E-state index contributed by atoms with van der Waals surface area (Å²) in [5, 5.41) is 3.33. The Kier molecular flexibility index (Phi) is 7.01. The average Bonchev–Trinajstić information content (AvgIpc) is 3.10. The summed E-state index contributed by atoms with van der Waals surface area (Å²) in [5.41, 5.74) is 4.29. The summed E-state index contributed by atoms with van der Waals surface area (Å²) < 4.78 is 0. The van der Waals surface area contributed by atoms with Crippen LogP contribution in [-0.2, 0) is 16.0 Å². The van der Waals surface area contributed by atoms with Crippen LogP contribution in [0, 0.1) is 0 Å². The van der Waals surface area contributed by atoms with Gasteiger partial charge in [-0.3, -0.25) is 9.59 Å². The monoisotopic (exact) mass is 410 g/mol. The van der Waals surface area contributed by atoms with E-state index in [1.165, 1.54) is 23.8 Å². The molecule has 0 atom stereocenters. The number of aromatic nitrogens is 1. The van der Waals surface area contributed by atoms with Crippen molar-refractivity contribution in [2.75, 3.05) is 11.1 Å². The van der Waals surface area contributed by atoms with Gasteiger partial charge in [-0.15, -0.1) is 11.3 Å². The fourth-order valence-electron chi connectivity index (χ4n) is 2.80. The first kappa shape index (κ1) is 20.3. The fraction of sp³-hybridized carbons (Fsp3) is 0.227. The van der Waals surface area contributed by atoms with Crippen LogP contribution in [0.5, 0.6) is 0 Å². The molecule has 1 heterocycles. The number of carbonyl (C=O) groups excluding carboxylic acids is 2. The minimum absolute atomic E-state index is 0.0693. The number of rotatable bonds is 7. The molecule has 0 aliphatic carbocycles.